The second-order valence-electron chi connectivity index (χ2n) is 18.1. The van der Waals surface area contributed by atoms with Crippen molar-refractivity contribution in [3.8, 4) is 89.5 Å². The molecule has 16 nitrogen and oxygen atoms in total. The van der Waals surface area contributed by atoms with Gasteiger partial charge in [-0.2, -0.15) is 0 Å². The van der Waals surface area contributed by atoms with Crippen LogP contribution in [0.5, 0.6) is 0 Å². The molecule has 8 bridgehead atoms. The molecular weight excluding hydrogens is 961 g/mol. The van der Waals surface area contributed by atoms with Crippen LogP contribution in [0.15, 0.2) is 194 Å². The maximum atomic E-state index is 13.3. The minimum Gasteiger partial charge on any atom is -0.353 e. The van der Waals surface area contributed by atoms with E-state index in [1.165, 1.54) is 24.3 Å². The van der Waals surface area contributed by atoms with Crippen molar-refractivity contribution in [3.63, 3.8) is 0 Å². The van der Waals surface area contributed by atoms with Gasteiger partial charge in [0.2, 0.25) is 0 Å². The number of hydrogen-bond donors (Lipinski definition) is 2. The van der Waals surface area contributed by atoms with E-state index in [0.29, 0.717) is 88.1 Å². The summed E-state index contributed by atoms with van der Waals surface area (Å²) < 4.78 is 0. The number of nitrogens with one attached hydrogen (secondary N) is 2. The van der Waals surface area contributed by atoms with E-state index in [9.17, 15) is 40.5 Å². The van der Waals surface area contributed by atoms with E-state index in [-0.39, 0.29) is 67.8 Å². The SMILES string of the molecule is O=[N+]([O-])c1ccccc1-c1c2nc(c(-c3ccccc3[N+](=O)[O-])c3[nH]c(c(-c4ccccc4[N+](=O)[O-])c4nc(c(-c5ccccc5[N+](=O)[O-])c5[nH]c1c1ccccc51)-c1ccccc1-4)c1ccccc31)-c1ccccc1-2. The molecule has 13 rings (SSSR count). The van der Waals surface area contributed by atoms with Crippen LogP contribution in [0, 0.1) is 40.5 Å². The van der Waals surface area contributed by atoms with E-state index >= 15 is 0 Å². The molecule has 10 aromatic rings. The Morgan fingerprint density at radius 2 is 0.447 bits per heavy atom. The van der Waals surface area contributed by atoms with E-state index in [0.717, 1.165) is 0 Å². The molecule has 8 aromatic carbocycles. The Balaban J connectivity index is 1.42. The van der Waals surface area contributed by atoms with Crippen LogP contribution in [-0.4, -0.2) is 39.6 Å². The molecule has 0 radical (unpaired) electrons. The number of nitrogens with zero attached hydrogens (tertiary/aromatic N) is 6. The average Bonchev–Trinajstić information content (AvgIpc) is 4.24. The summed E-state index contributed by atoms with van der Waals surface area (Å²) in [6, 6.07) is 54.7. The Morgan fingerprint density at radius 3 is 0.658 bits per heavy atom. The number of nitro benzene ring substituents is 4. The molecule has 362 valence electrons. The van der Waals surface area contributed by atoms with Gasteiger partial charge in [-0.15, -0.1) is 0 Å². The zero-order valence-electron chi connectivity index (χ0n) is 39.4. The summed E-state index contributed by atoms with van der Waals surface area (Å²) in [5.74, 6) is 0. The third-order valence-electron chi connectivity index (χ3n) is 14.2. The first-order valence-electron chi connectivity index (χ1n) is 23.9. The van der Waals surface area contributed by atoms with Gasteiger partial charge in [0.25, 0.3) is 22.7 Å². The third-order valence-corrected chi connectivity index (χ3v) is 14.2. The molecule has 0 atom stereocenters. The van der Waals surface area contributed by atoms with Gasteiger partial charge in [-0.25, -0.2) is 9.97 Å². The van der Waals surface area contributed by atoms with Crippen LogP contribution in [0.1, 0.15) is 0 Å². The lowest BCUT2D eigenvalue weighted by atomic mass is 9.92. The highest BCUT2D eigenvalue weighted by Crippen LogP contribution is 2.54. The first-order valence-corrected chi connectivity index (χ1v) is 23.9. The van der Waals surface area contributed by atoms with Gasteiger partial charge in [-0.05, 0) is 24.3 Å². The minimum atomic E-state index is -0.464. The Morgan fingerprint density at radius 1 is 0.263 bits per heavy atom. The van der Waals surface area contributed by atoms with Gasteiger partial charge in [0.05, 0.1) is 86.8 Å². The van der Waals surface area contributed by atoms with Crippen molar-refractivity contribution in [2.75, 3.05) is 0 Å². The second-order valence-corrected chi connectivity index (χ2v) is 18.1. The summed E-state index contributed by atoms with van der Waals surface area (Å²) in [4.78, 5) is 69.7. The van der Waals surface area contributed by atoms with E-state index < -0.39 is 19.7 Å². The van der Waals surface area contributed by atoms with E-state index in [1.807, 2.05) is 97.1 Å². The van der Waals surface area contributed by atoms with Crippen LogP contribution >= 0.6 is 0 Å². The van der Waals surface area contributed by atoms with Crippen molar-refractivity contribution >= 4 is 66.4 Å². The summed E-state index contributed by atoms with van der Waals surface area (Å²) in [5.41, 5.74) is 5.87. The molecule has 2 aromatic heterocycles. The van der Waals surface area contributed by atoms with Crippen LogP contribution < -0.4 is 0 Å². The zero-order valence-corrected chi connectivity index (χ0v) is 39.4. The quantitative estimate of drug-likeness (QED) is 0.108. The predicted octanol–water partition coefficient (Wildman–Crippen LogP) is 15.6. The first kappa shape index (κ1) is 44.9. The highest BCUT2D eigenvalue weighted by atomic mass is 16.6. The van der Waals surface area contributed by atoms with E-state index in [2.05, 4.69) is 9.97 Å². The van der Waals surface area contributed by atoms with Crippen molar-refractivity contribution in [1.82, 2.24) is 19.9 Å². The molecule has 2 N–H and O–H groups in total. The van der Waals surface area contributed by atoms with E-state index in [1.54, 1.807) is 72.8 Å². The Kier molecular flexibility index (Phi) is 10.3. The van der Waals surface area contributed by atoms with Crippen LogP contribution in [0.4, 0.5) is 22.7 Å². The number of nitro groups is 4. The van der Waals surface area contributed by atoms with Gasteiger partial charge >= 0.3 is 0 Å². The number of aromatic amines is 2. The van der Waals surface area contributed by atoms with Crippen LogP contribution in [0.3, 0.4) is 0 Å². The Bertz CT molecular complexity index is 4010. The highest BCUT2D eigenvalue weighted by Gasteiger charge is 2.34. The molecule has 0 amide bonds. The standard InChI is InChI=1S/C60H34N8O8/c69-65(70)45-29-13-9-25-41(45)49-53-33-17-1-2-18-34(33)54(61-53)50(42-26-10-14-30-46(42)66(71)72)56-37-21-5-6-22-38(37)58(63-56)52(44-28-12-16-32-48(44)68(75)76)60-40-24-8-7-23-39(40)59(64-60)51(43-27-11-15-31-47(43)67(73)74)57-36-20-4-3-19-35(36)55(49)62-57/h1-32,61,64H. The van der Waals surface area contributed by atoms with Crippen LogP contribution in [0.2, 0.25) is 0 Å². The van der Waals surface area contributed by atoms with E-state index in [4.69, 9.17) is 9.97 Å². The molecule has 0 fully saturated rings. The van der Waals surface area contributed by atoms with Crippen molar-refractivity contribution in [2.45, 2.75) is 0 Å². The molecule has 16 heteroatoms. The number of benzene rings is 8. The normalized spacial score (nSPS) is 11.6. The molecule has 2 aliphatic heterocycles. The van der Waals surface area contributed by atoms with Crippen molar-refractivity contribution < 1.29 is 19.7 Å². The summed E-state index contributed by atoms with van der Waals surface area (Å²) in [6.45, 7) is 0. The van der Waals surface area contributed by atoms with Gasteiger partial charge in [-0.3, -0.25) is 40.5 Å². The number of H-pyrrole nitrogens is 2. The fourth-order valence-electron chi connectivity index (χ4n) is 11.1. The zero-order chi connectivity index (χ0) is 51.9. The summed E-state index contributed by atoms with van der Waals surface area (Å²) >= 11 is 0. The van der Waals surface area contributed by atoms with Gasteiger partial charge in [0, 0.05) is 90.3 Å². The number of hydrogen-bond acceptors (Lipinski definition) is 10. The Hall–Kier alpha value is -11.0. The lowest BCUT2D eigenvalue weighted by Gasteiger charge is -2.09. The first-order chi connectivity index (χ1) is 37.1. The molecule has 3 aliphatic rings. The lowest BCUT2D eigenvalue weighted by Crippen LogP contribution is -1.95. The topological polar surface area (TPSA) is 230 Å². The van der Waals surface area contributed by atoms with Crippen molar-refractivity contribution in [1.29, 1.82) is 0 Å². The average molecular weight is 995 g/mol. The third kappa shape index (κ3) is 6.78. The molecule has 1 aliphatic carbocycles. The fraction of sp³-hybridized carbons (Fsp3) is 0. The minimum absolute atomic E-state index is 0.192. The van der Waals surface area contributed by atoms with Crippen molar-refractivity contribution in [3.05, 3.63) is 235 Å². The maximum absolute atomic E-state index is 13.3. The predicted molar refractivity (Wildman–Crippen MR) is 293 cm³/mol. The summed E-state index contributed by atoms with van der Waals surface area (Å²) in [5, 5.41) is 55.4. The van der Waals surface area contributed by atoms with Crippen LogP contribution in [-0.2, 0) is 0 Å². The molecule has 76 heavy (non-hydrogen) atoms. The smallest absolute Gasteiger partial charge is 0.277 e. The molecule has 0 unspecified atom stereocenters. The molecule has 4 heterocycles. The van der Waals surface area contributed by atoms with Crippen LogP contribution in [0.25, 0.3) is 133 Å². The van der Waals surface area contributed by atoms with Crippen molar-refractivity contribution in [2.24, 2.45) is 0 Å². The highest BCUT2D eigenvalue weighted by molar-refractivity contribution is 6.22. The largest absolute Gasteiger partial charge is 0.353 e. The lowest BCUT2D eigenvalue weighted by molar-refractivity contribution is -0.384. The van der Waals surface area contributed by atoms with Gasteiger partial charge in [0.1, 0.15) is 0 Å². The van der Waals surface area contributed by atoms with Gasteiger partial charge in [-0.1, -0.05) is 146 Å². The number of rotatable bonds is 8. The fourth-order valence-corrected chi connectivity index (χ4v) is 11.1. The second kappa shape index (κ2) is 17.3. The van der Waals surface area contributed by atoms with Gasteiger partial charge in [0.15, 0.2) is 0 Å². The van der Waals surface area contributed by atoms with Gasteiger partial charge < -0.3 is 9.97 Å². The Labute approximate surface area is 428 Å². The molecule has 0 saturated heterocycles. The number of para-hydroxylation sites is 4. The monoisotopic (exact) mass is 994 g/mol. The maximum Gasteiger partial charge on any atom is 0.277 e. The molecule has 0 saturated carbocycles. The number of aromatic nitrogens is 4. The summed E-state index contributed by atoms with van der Waals surface area (Å²) in [6.07, 6.45) is 0. The molecular formula is C60H34N8O8. The molecule has 0 spiro atoms. The summed E-state index contributed by atoms with van der Waals surface area (Å²) in [7, 11) is 0.